The summed E-state index contributed by atoms with van der Waals surface area (Å²) in [5.74, 6) is 1.24. The Bertz CT molecular complexity index is 647. The zero-order chi connectivity index (χ0) is 15.0. The lowest BCUT2D eigenvalue weighted by atomic mass is 9.81. The van der Waals surface area contributed by atoms with E-state index in [0.717, 1.165) is 44.6 Å². The van der Waals surface area contributed by atoms with Crippen molar-refractivity contribution >= 4 is 10.9 Å². The van der Waals surface area contributed by atoms with Crippen molar-refractivity contribution in [3.8, 4) is 5.75 Å². The molecule has 4 heteroatoms. The number of fused-ring (bicyclic) bond motifs is 1. The van der Waals surface area contributed by atoms with Crippen LogP contribution in [-0.4, -0.2) is 30.6 Å². The van der Waals surface area contributed by atoms with Gasteiger partial charge in [0.15, 0.2) is 5.79 Å². The van der Waals surface area contributed by atoms with E-state index in [0.29, 0.717) is 12.5 Å². The average Bonchev–Trinajstić information content (AvgIpc) is 3.16. The molecule has 1 N–H and O–H groups in total. The van der Waals surface area contributed by atoms with E-state index in [1.54, 1.807) is 0 Å². The molecule has 118 valence electrons. The average molecular weight is 301 g/mol. The van der Waals surface area contributed by atoms with Gasteiger partial charge in [0.1, 0.15) is 5.75 Å². The minimum atomic E-state index is -0.279. The Morgan fingerprint density at radius 2 is 2.00 bits per heavy atom. The third-order valence-electron chi connectivity index (χ3n) is 5.00. The second kappa shape index (κ2) is 5.60. The normalized spacial score (nSPS) is 21.7. The van der Waals surface area contributed by atoms with Crippen LogP contribution in [0, 0.1) is 0 Å². The van der Waals surface area contributed by atoms with E-state index in [4.69, 9.17) is 14.2 Å². The van der Waals surface area contributed by atoms with E-state index in [-0.39, 0.29) is 5.79 Å². The van der Waals surface area contributed by atoms with Crippen LogP contribution in [0.15, 0.2) is 24.4 Å². The molecular weight excluding hydrogens is 278 g/mol. The van der Waals surface area contributed by atoms with Crippen molar-refractivity contribution in [1.82, 2.24) is 4.98 Å². The summed E-state index contributed by atoms with van der Waals surface area (Å²) in [4.78, 5) is 3.40. The van der Waals surface area contributed by atoms with Crippen LogP contribution in [0.2, 0.25) is 0 Å². The summed E-state index contributed by atoms with van der Waals surface area (Å²) < 4.78 is 17.3. The highest BCUT2D eigenvalue weighted by Gasteiger charge is 2.40. The molecule has 0 radical (unpaired) electrons. The molecule has 2 aliphatic rings. The Labute approximate surface area is 130 Å². The molecule has 4 rings (SSSR count). The molecule has 2 aromatic rings. The maximum absolute atomic E-state index is 5.84. The first-order chi connectivity index (χ1) is 10.8. The van der Waals surface area contributed by atoms with E-state index in [2.05, 4.69) is 23.3 Å². The minimum absolute atomic E-state index is 0.279. The lowest BCUT2D eigenvalue weighted by molar-refractivity contribution is -0.178. The first-order valence-electron chi connectivity index (χ1n) is 8.31. The Kier molecular flexibility index (Phi) is 3.59. The van der Waals surface area contributed by atoms with Gasteiger partial charge in [-0.25, -0.2) is 0 Å². The van der Waals surface area contributed by atoms with Gasteiger partial charge in [-0.3, -0.25) is 0 Å². The third-order valence-corrected chi connectivity index (χ3v) is 5.00. The third kappa shape index (κ3) is 2.40. The second-order valence-electron chi connectivity index (χ2n) is 6.27. The van der Waals surface area contributed by atoms with Gasteiger partial charge in [-0.05, 0) is 49.4 Å². The number of aromatic amines is 1. The van der Waals surface area contributed by atoms with Crippen molar-refractivity contribution in [2.75, 3.05) is 19.8 Å². The number of ether oxygens (including phenoxy) is 3. The van der Waals surface area contributed by atoms with Gasteiger partial charge >= 0.3 is 0 Å². The fraction of sp³-hybridized carbons (Fsp3) is 0.556. The molecule has 0 bridgehead atoms. The monoisotopic (exact) mass is 301 g/mol. The van der Waals surface area contributed by atoms with Gasteiger partial charge in [-0.15, -0.1) is 0 Å². The largest absolute Gasteiger partial charge is 0.494 e. The summed E-state index contributed by atoms with van der Waals surface area (Å²) in [6.45, 7) is 4.21. The molecule has 2 fully saturated rings. The van der Waals surface area contributed by atoms with Gasteiger partial charge in [0.05, 0.1) is 19.8 Å². The Hall–Kier alpha value is -1.52. The number of rotatable bonds is 3. The standard InChI is InChI=1S/C18H23NO3/c1-2-20-14-3-4-17-15(11-14)16(12-19-17)13-5-7-18(8-6-13)21-9-10-22-18/h3-4,11-13,19H,2,5-10H2,1H3. The maximum atomic E-state index is 5.84. The van der Waals surface area contributed by atoms with E-state index < -0.39 is 0 Å². The highest BCUT2D eigenvalue weighted by molar-refractivity contribution is 5.85. The number of nitrogens with one attached hydrogen (secondary N) is 1. The first-order valence-corrected chi connectivity index (χ1v) is 8.31. The van der Waals surface area contributed by atoms with E-state index in [1.807, 2.05) is 13.0 Å². The topological polar surface area (TPSA) is 43.5 Å². The molecule has 4 nitrogen and oxygen atoms in total. The molecule has 2 heterocycles. The van der Waals surface area contributed by atoms with Crippen LogP contribution in [0.5, 0.6) is 5.75 Å². The molecule has 0 amide bonds. The zero-order valence-corrected chi connectivity index (χ0v) is 13.1. The number of aromatic nitrogens is 1. The quantitative estimate of drug-likeness (QED) is 0.933. The van der Waals surface area contributed by atoms with Gasteiger partial charge < -0.3 is 19.2 Å². The molecule has 1 aromatic heterocycles. The summed E-state index contributed by atoms with van der Waals surface area (Å²) in [6, 6.07) is 6.30. The fourth-order valence-electron chi connectivity index (χ4n) is 3.87. The van der Waals surface area contributed by atoms with Gasteiger partial charge in [-0.2, -0.15) is 0 Å². The molecule has 0 unspecified atom stereocenters. The van der Waals surface area contributed by atoms with Crippen molar-refractivity contribution in [3.05, 3.63) is 30.0 Å². The summed E-state index contributed by atoms with van der Waals surface area (Å²) in [5, 5.41) is 1.29. The Balaban J connectivity index is 1.57. The Morgan fingerprint density at radius 1 is 1.23 bits per heavy atom. The lowest BCUT2D eigenvalue weighted by Gasteiger charge is -2.35. The fourth-order valence-corrected chi connectivity index (χ4v) is 3.87. The molecule has 1 spiro atoms. The molecule has 22 heavy (non-hydrogen) atoms. The van der Waals surface area contributed by atoms with Gasteiger partial charge in [-0.1, -0.05) is 0 Å². The van der Waals surface area contributed by atoms with Gasteiger partial charge in [0, 0.05) is 29.9 Å². The first kappa shape index (κ1) is 14.1. The minimum Gasteiger partial charge on any atom is -0.494 e. The Morgan fingerprint density at radius 3 is 2.73 bits per heavy atom. The highest BCUT2D eigenvalue weighted by atomic mass is 16.7. The maximum Gasteiger partial charge on any atom is 0.168 e. The van der Waals surface area contributed by atoms with E-state index >= 15 is 0 Å². The summed E-state index contributed by atoms with van der Waals surface area (Å²) in [6.07, 6.45) is 6.39. The summed E-state index contributed by atoms with van der Waals surface area (Å²) in [7, 11) is 0. The van der Waals surface area contributed by atoms with Crippen molar-refractivity contribution in [2.24, 2.45) is 0 Å². The van der Waals surface area contributed by atoms with Crippen LogP contribution in [0.3, 0.4) is 0 Å². The molecule has 1 saturated carbocycles. The summed E-state index contributed by atoms with van der Waals surface area (Å²) in [5.41, 5.74) is 2.59. The number of H-pyrrole nitrogens is 1. The van der Waals surface area contributed by atoms with Crippen LogP contribution in [0.25, 0.3) is 10.9 Å². The lowest BCUT2D eigenvalue weighted by Crippen LogP contribution is -2.34. The molecule has 0 atom stereocenters. The van der Waals surface area contributed by atoms with Crippen molar-refractivity contribution in [1.29, 1.82) is 0 Å². The van der Waals surface area contributed by atoms with Crippen LogP contribution < -0.4 is 4.74 Å². The SMILES string of the molecule is CCOc1ccc2[nH]cc(C3CCC4(CC3)OCCO4)c2c1. The molecule has 1 aromatic carbocycles. The zero-order valence-electron chi connectivity index (χ0n) is 13.1. The molecule has 1 aliphatic heterocycles. The second-order valence-corrected chi connectivity index (χ2v) is 6.27. The van der Waals surface area contributed by atoms with Gasteiger partial charge in [0.2, 0.25) is 0 Å². The molecule has 1 aliphatic carbocycles. The van der Waals surface area contributed by atoms with Gasteiger partial charge in [0.25, 0.3) is 0 Å². The number of hydrogen-bond donors (Lipinski definition) is 1. The number of hydrogen-bond acceptors (Lipinski definition) is 3. The van der Waals surface area contributed by atoms with E-state index in [9.17, 15) is 0 Å². The predicted molar refractivity (Wildman–Crippen MR) is 85.3 cm³/mol. The molecular formula is C18H23NO3. The molecule has 1 saturated heterocycles. The van der Waals surface area contributed by atoms with Crippen molar-refractivity contribution < 1.29 is 14.2 Å². The van der Waals surface area contributed by atoms with E-state index in [1.165, 1.54) is 16.5 Å². The highest BCUT2D eigenvalue weighted by Crippen LogP contribution is 2.44. The van der Waals surface area contributed by atoms with Crippen LogP contribution in [-0.2, 0) is 9.47 Å². The smallest absolute Gasteiger partial charge is 0.168 e. The van der Waals surface area contributed by atoms with Crippen LogP contribution in [0.4, 0.5) is 0 Å². The van der Waals surface area contributed by atoms with Crippen molar-refractivity contribution in [3.63, 3.8) is 0 Å². The summed E-state index contributed by atoms with van der Waals surface area (Å²) >= 11 is 0. The number of benzene rings is 1. The predicted octanol–water partition coefficient (Wildman–Crippen LogP) is 3.97. The van der Waals surface area contributed by atoms with Crippen molar-refractivity contribution in [2.45, 2.75) is 44.3 Å². The van der Waals surface area contributed by atoms with Crippen LogP contribution in [0.1, 0.15) is 44.1 Å². The van der Waals surface area contributed by atoms with Crippen LogP contribution >= 0.6 is 0 Å².